The first-order valence-corrected chi connectivity index (χ1v) is 11.2. The minimum atomic E-state index is -0.650. The fraction of sp³-hybridized carbons (Fsp3) is 0.280. The van der Waals surface area contributed by atoms with Crippen LogP contribution in [0.4, 0.5) is 17.3 Å². The second kappa shape index (κ2) is 9.92. The van der Waals surface area contributed by atoms with Gasteiger partial charge in [0.2, 0.25) is 5.95 Å². The smallest absolute Gasteiger partial charge is 0.329 e. The summed E-state index contributed by atoms with van der Waals surface area (Å²) in [6.45, 7) is 4.19. The third kappa shape index (κ3) is 4.57. The normalized spacial score (nSPS) is 16.2. The van der Waals surface area contributed by atoms with Crippen LogP contribution in [0.1, 0.15) is 42.7 Å². The topological polar surface area (TPSA) is 139 Å². The van der Waals surface area contributed by atoms with Crippen molar-refractivity contribution in [3.8, 4) is 23.4 Å². The molecular formula is C25H23BN7O2. The molecule has 1 aliphatic heterocycles. The molecule has 10 heteroatoms. The summed E-state index contributed by atoms with van der Waals surface area (Å²) in [6.07, 6.45) is 5.46. The molecule has 3 heterocycles. The summed E-state index contributed by atoms with van der Waals surface area (Å²) in [4.78, 5) is 26.2. The third-order valence-corrected chi connectivity index (χ3v) is 6.06. The fourth-order valence-electron chi connectivity index (χ4n) is 4.31. The summed E-state index contributed by atoms with van der Waals surface area (Å²) >= 11 is 0. The van der Waals surface area contributed by atoms with Crippen molar-refractivity contribution < 1.29 is 9.90 Å². The lowest BCUT2D eigenvalue weighted by molar-refractivity contribution is 0.217. The Morgan fingerprint density at radius 1 is 1.29 bits per heavy atom. The van der Waals surface area contributed by atoms with Crippen molar-refractivity contribution in [2.75, 3.05) is 23.3 Å². The molecule has 3 aromatic rings. The largest absolute Gasteiger partial charge is 0.410 e. The Hall–Kier alpha value is -4.28. The van der Waals surface area contributed by atoms with Crippen molar-refractivity contribution in [3.63, 3.8) is 0 Å². The lowest BCUT2D eigenvalue weighted by Crippen LogP contribution is -2.36. The molecule has 1 radical (unpaired) electrons. The van der Waals surface area contributed by atoms with Gasteiger partial charge in [0.05, 0.1) is 34.8 Å². The molecule has 1 aromatic carbocycles. The van der Waals surface area contributed by atoms with E-state index in [-0.39, 0.29) is 6.61 Å². The highest BCUT2D eigenvalue weighted by Crippen LogP contribution is 2.44. The maximum atomic E-state index is 11.2. The third-order valence-electron chi connectivity index (χ3n) is 6.06. The standard InChI is InChI=1S/C25H23BN7O2/c1-3-4-21-22(7-16(10-27)12-30-21)32-24-29-6-5-20(31-24)17-8-18(11-28)23-19(9-17)25(2,14-34)13-33(23)26-15-35/h5-9,12,15,34H,3-4,13-14H2,1-2H3,(H,29,31,32)/t25-/m1/s1. The highest BCUT2D eigenvalue weighted by Gasteiger charge is 2.40. The van der Waals surface area contributed by atoms with Gasteiger partial charge in [-0.05, 0) is 36.2 Å². The van der Waals surface area contributed by atoms with Crippen LogP contribution in [0.5, 0.6) is 0 Å². The van der Waals surface area contributed by atoms with Gasteiger partial charge < -0.3 is 20.0 Å². The van der Waals surface area contributed by atoms with Gasteiger partial charge in [0.15, 0.2) is 0 Å². The number of fused-ring (bicyclic) bond motifs is 1. The minimum absolute atomic E-state index is 0.142. The van der Waals surface area contributed by atoms with Crippen LogP contribution in [-0.2, 0) is 16.6 Å². The highest BCUT2D eigenvalue weighted by molar-refractivity contribution is 6.70. The van der Waals surface area contributed by atoms with Crippen LogP contribution in [0.15, 0.2) is 36.7 Å². The first kappa shape index (κ1) is 23.9. The quantitative estimate of drug-likeness (QED) is 0.381. The van der Waals surface area contributed by atoms with Crippen molar-refractivity contribution in [2.45, 2.75) is 32.1 Å². The Morgan fingerprint density at radius 2 is 2.11 bits per heavy atom. The molecule has 0 amide bonds. The Morgan fingerprint density at radius 3 is 2.80 bits per heavy atom. The van der Waals surface area contributed by atoms with E-state index in [9.17, 15) is 20.4 Å². The van der Waals surface area contributed by atoms with E-state index in [1.54, 1.807) is 35.4 Å². The number of aryl methyl sites for hydroxylation is 1. The van der Waals surface area contributed by atoms with Gasteiger partial charge in [0, 0.05) is 35.6 Å². The zero-order valence-electron chi connectivity index (χ0n) is 19.5. The van der Waals surface area contributed by atoms with E-state index in [1.165, 1.54) is 7.41 Å². The second-order valence-corrected chi connectivity index (χ2v) is 8.63. The summed E-state index contributed by atoms with van der Waals surface area (Å²) in [7, 11) is 1.38. The van der Waals surface area contributed by atoms with Gasteiger partial charge in [-0.25, -0.2) is 9.97 Å². The maximum Gasteiger partial charge on any atom is 0.329 e. The molecule has 2 N–H and O–H groups in total. The van der Waals surface area contributed by atoms with Crippen molar-refractivity contribution in [1.82, 2.24) is 15.0 Å². The molecular weight excluding hydrogens is 441 g/mol. The van der Waals surface area contributed by atoms with E-state index in [0.717, 1.165) is 24.1 Å². The van der Waals surface area contributed by atoms with Crippen molar-refractivity contribution >= 4 is 30.9 Å². The van der Waals surface area contributed by atoms with Crippen LogP contribution in [0.25, 0.3) is 11.3 Å². The molecule has 0 spiro atoms. The zero-order valence-corrected chi connectivity index (χ0v) is 19.5. The molecule has 1 aliphatic rings. The lowest BCUT2D eigenvalue weighted by atomic mass is 9.83. The summed E-state index contributed by atoms with van der Waals surface area (Å²) in [6, 6.07) is 11.4. The number of carbonyl (C=O) groups excluding carboxylic acids is 1. The number of carbonyl (C=O) groups is 1. The monoisotopic (exact) mass is 464 g/mol. The average Bonchev–Trinajstić information content (AvgIpc) is 3.17. The maximum absolute atomic E-state index is 11.2. The SMILES string of the molecule is CCCc1ncc(C#N)cc1Nc1nccc(-c2cc(C#N)c3c(c2)[C@@](C)(CO)CN3[B]C=O)n1. The van der Waals surface area contributed by atoms with Crippen molar-refractivity contribution in [1.29, 1.82) is 10.5 Å². The molecule has 9 nitrogen and oxygen atoms in total. The Balaban J connectivity index is 1.76. The van der Waals surface area contributed by atoms with E-state index in [2.05, 4.69) is 39.3 Å². The van der Waals surface area contributed by atoms with Gasteiger partial charge in [-0.2, -0.15) is 10.5 Å². The number of hydrogen-bond donors (Lipinski definition) is 2. The molecule has 0 saturated heterocycles. The first-order chi connectivity index (χ1) is 17.0. The van der Waals surface area contributed by atoms with Crippen LogP contribution in [0.2, 0.25) is 0 Å². The Labute approximate surface area is 204 Å². The predicted molar refractivity (Wildman–Crippen MR) is 133 cm³/mol. The van der Waals surface area contributed by atoms with E-state index in [1.807, 2.05) is 13.0 Å². The molecule has 0 unspecified atom stereocenters. The number of nitrogens with zero attached hydrogens (tertiary/aromatic N) is 6. The number of aliphatic hydroxyl groups excluding tert-OH is 1. The molecule has 2 aromatic heterocycles. The van der Waals surface area contributed by atoms with Gasteiger partial charge in [-0.1, -0.05) is 20.3 Å². The fourth-order valence-corrected chi connectivity index (χ4v) is 4.31. The van der Waals surface area contributed by atoms with Crippen LogP contribution >= 0.6 is 0 Å². The van der Waals surface area contributed by atoms with E-state index >= 15 is 0 Å². The van der Waals surface area contributed by atoms with E-state index in [4.69, 9.17) is 0 Å². The number of pyridine rings is 1. The van der Waals surface area contributed by atoms with Crippen molar-refractivity contribution in [2.24, 2.45) is 0 Å². The molecule has 0 bridgehead atoms. The molecule has 35 heavy (non-hydrogen) atoms. The van der Waals surface area contributed by atoms with Crippen LogP contribution < -0.4 is 10.1 Å². The van der Waals surface area contributed by atoms with Gasteiger partial charge in [-0.15, -0.1) is 0 Å². The van der Waals surface area contributed by atoms with E-state index < -0.39 is 5.41 Å². The average molecular weight is 464 g/mol. The van der Waals surface area contributed by atoms with Gasteiger partial charge in [0.25, 0.3) is 0 Å². The molecule has 0 fully saturated rings. The number of nitrogens with one attached hydrogen (secondary N) is 1. The minimum Gasteiger partial charge on any atom is -0.410 e. The summed E-state index contributed by atoms with van der Waals surface area (Å²) in [5, 5.41) is 32.4. The Bertz CT molecular complexity index is 1360. The summed E-state index contributed by atoms with van der Waals surface area (Å²) in [5.41, 5.74) is 4.32. The lowest BCUT2D eigenvalue weighted by Gasteiger charge is -2.23. The van der Waals surface area contributed by atoms with Crippen LogP contribution in [-0.4, -0.2) is 46.8 Å². The summed E-state index contributed by atoms with van der Waals surface area (Å²) in [5.74, 6) is 0.330. The molecule has 1 atom stereocenters. The zero-order chi connectivity index (χ0) is 25.0. The number of benzene rings is 1. The van der Waals surface area contributed by atoms with Crippen molar-refractivity contribution in [3.05, 3.63) is 59.0 Å². The number of nitriles is 2. The van der Waals surface area contributed by atoms with Crippen LogP contribution in [0.3, 0.4) is 0 Å². The van der Waals surface area contributed by atoms with Gasteiger partial charge in [0.1, 0.15) is 18.3 Å². The second-order valence-electron chi connectivity index (χ2n) is 8.63. The number of anilines is 3. The molecule has 4 rings (SSSR count). The first-order valence-electron chi connectivity index (χ1n) is 11.2. The predicted octanol–water partition coefficient (Wildman–Crippen LogP) is 2.86. The Kier molecular flexibility index (Phi) is 6.76. The summed E-state index contributed by atoms with van der Waals surface area (Å²) < 4.78 is 0. The highest BCUT2D eigenvalue weighted by atomic mass is 16.3. The number of aliphatic hydroxyl groups is 1. The number of aromatic nitrogens is 3. The molecule has 173 valence electrons. The van der Waals surface area contributed by atoms with Gasteiger partial charge in [-0.3, -0.25) is 4.98 Å². The molecule has 0 aliphatic carbocycles. The number of rotatable bonds is 8. The molecule has 0 saturated carbocycles. The van der Waals surface area contributed by atoms with Crippen LogP contribution in [0, 0.1) is 22.7 Å². The van der Waals surface area contributed by atoms with Gasteiger partial charge >= 0.3 is 7.41 Å². The number of hydrogen-bond acceptors (Lipinski definition) is 9. The van der Waals surface area contributed by atoms with E-state index in [0.29, 0.717) is 52.4 Å².